The SMILES string of the molecule is COC(=O)C(N)CSc1nnc(N(C)C)s1. The summed E-state index contributed by atoms with van der Waals surface area (Å²) in [4.78, 5) is 12.9. The van der Waals surface area contributed by atoms with Crippen LogP contribution in [-0.2, 0) is 9.53 Å². The molecule has 0 aromatic carbocycles. The number of hydrogen-bond acceptors (Lipinski definition) is 8. The lowest BCUT2D eigenvalue weighted by Crippen LogP contribution is -2.33. The molecule has 0 saturated heterocycles. The fraction of sp³-hybridized carbons (Fsp3) is 0.625. The molecule has 6 nitrogen and oxygen atoms in total. The van der Waals surface area contributed by atoms with Crippen LogP contribution in [0.5, 0.6) is 0 Å². The van der Waals surface area contributed by atoms with Crippen LogP contribution in [0, 0.1) is 0 Å². The standard InChI is InChI=1S/C8H14N4O2S2/c1-12(2)7-10-11-8(16-7)15-4-5(9)6(13)14-3/h5H,4,9H2,1-3H3. The smallest absolute Gasteiger partial charge is 0.323 e. The molecule has 1 unspecified atom stereocenters. The average molecular weight is 262 g/mol. The van der Waals surface area contributed by atoms with Crippen molar-refractivity contribution in [2.24, 2.45) is 5.73 Å². The lowest BCUT2D eigenvalue weighted by Gasteiger charge is -2.06. The molecule has 1 atom stereocenters. The van der Waals surface area contributed by atoms with Gasteiger partial charge in [0.25, 0.3) is 0 Å². The Kier molecular flexibility index (Phi) is 4.97. The number of carbonyl (C=O) groups excluding carboxylic acids is 1. The van der Waals surface area contributed by atoms with Gasteiger partial charge in [-0.05, 0) is 0 Å². The number of esters is 1. The molecule has 1 aromatic rings. The molecule has 1 heterocycles. The summed E-state index contributed by atoms with van der Waals surface area (Å²) in [6.45, 7) is 0. The van der Waals surface area contributed by atoms with Gasteiger partial charge in [0.05, 0.1) is 7.11 Å². The first-order valence-corrected chi connectivity index (χ1v) is 6.32. The predicted molar refractivity (Wildman–Crippen MR) is 65.0 cm³/mol. The molecule has 0 aliphatic heterocycles. The molecule has 1 rings (SSSR count). The molecule has 0 aliphatic carbocycles. The highest BCUT2D eigenvalue weighted by atomic mass is 32.2. The second kappa shape index (κ2) is 6.02. The zero-order chi connectivity index (χ0) is 12.1. The Morgan fingerprint density at radius 2 is 2.31 bits per heavy atom. The highest BCUT2D eigenvalue weighted by Crippen LogP contribution is 2.26. The van der Waals surface area contributed by atoms with Crippen LogP contribution in [0.25, 0.3) is 0 Å². The molecule has 0 saturated carbocycles. The Hall–Kier alpha value is -0.860. The van der Waals surface area contributed by atoms with E-state index in [1.807, 2.05) is 19.0 Å². The van der Waals surface area contributed by atoms with Crippen LogP contribution >= 0.6 is 23.1 Å². The van der Waals surface area contributed by atoms with Gasteiger partial charge in [-0.2, -0.15) is 0 Å². The number of anilines is 1. The molecule has 0 amide bonds. The molecule has 2 N–H and O–H groups in total. The van der Waals surface area contributed by atoms with E-state index in [-0.39, 0.29) is 0 Å². The van der Waals surface area contributed by atoms with Gasteiger partial charge in [0.15, 0.2) is 4.34 Å². The summed E-state index contributed by atoms with van der Waals surface area (Å²) in [5.41, 5.74) is 5.59. The van der Waals surface area contributed by atoms with Gasteiger partial charge in [-0.15, -0.1) is 10.2 Å². The third-order valence-corrected chi connectivity index (χ3v) is 4.01. The van der Waals surface area contributed by atoms with Gasteiger partial charge >= 0.3 is 5.97 Å². The molecule has 90 valence electrons. The minimum absolute atomic E-state index is 0.412. The molecule has 0 spiro atoms. The number of rotatable bonds is 5. The van der Waals surface area contributed by atoms with Crippen LogP contribution in [0.15, 0.2) is 4.34 Å². The summed E-state index contributed by atoms with van der Waals surface area (Å²) in [6.07, 6.45) is 0. The fourth-order valence-corrected chi connectivity index (χ4v) is 2.54. The van der Waals surface area contributed by atoms with E-state index in [2.05, 4.69) is 14.9 Å². The summed E-state index contributed by atoms with van der Waals surface area (Å²) < 4.78 is 5.32. The van der Waals surface area contributed by atoms with E-state index in [1.165, 1.54) is 30.2 Å². The topological polar surface area (TPSA) is 81.3 Å². The molecule has 1 aromatic heterocycles. The number of carbonyl (C=O) groups is 1. The summed E-state index contributed by atoms with van der Waals surface area (Å²) >= 11 is 2.86. The number of nitrogens with two attached hydrogens (primary N) is 1. The van der Waals surface area contributed by atoms with Crippen LogP contribution in [0.4, 0.5) is 5.13 Å². The summed E-state index contributed by atoms with van der Waals surface area (Å²) in [7, 11) is 5.12. The molecule has 0 radical (unpaired) electrons. The van der Waals surface area contributed by atoms with Crippen molar-refractivity contribution >= 4 is 34.2 Å². The van der Waals surface area contributed by atoms with E-state index in [1.54, 1.807) is 0 Å². The maximum Gasteiger partial charge on any atom is 0.323 e. The normalized spacial score (nSPS) is 12.2. The van der Waals surface area contributed by atoms with Gasteiger partial charge in [-0.1, -0.05) is 23.1 Å². The summed E-state index contributed by atoms with van der Waals surface area (Å²) in [6, 6.07) is -0.623. The molecule has 0 aliphatic rings. The van der Waals surface area contributed by atoms with Gasteiger partial charge in [0.2, 0.25) is 5.13 Å². The van der Waals surface area contributed by atoms with Crippen molar-refractivity contribution in [2.45, 2.75) is 10.4 Å². The summed E-state index contributed by atoms with van der Waals surface area (Å²) in [5, 5.41) is 8.78. The number of ether oxygens (including phenoxy) is 1. The highest BCUT2D eigenvalue weighted by Gasteiger charge is 2.15. The van der Waals surface area contributed by atoms with Gasteiger partial charge in [0.1, 0.15) is 6.04 Å². The van der Waals surface area contributed by atoms with Gasteiger partial charge in [-0.25, -0.2) is 0 Å². The maximum absolute atomic E-state index is 11.0. The monoisotopic (exact) mass is 262 g/mol. The van der Waals surface area contributed by atoms with Crippen molar-refractivity contribution in [2.75, 3.05) is 31.9 Å². The van der Waals surface area contributed by atoms with Crippen molar-refractivity contribution in [1.29, 1.82) is 0 Å². The number of thioether (sulfide) groups is 1. The molecule has 8 heteroatoms. The van der Waals surface area contributed by atoms with Crippen molar-refractivity contribution < 1.29 is 9.53 Å². The maximum atomic E-state index is 11.0. The van der Waals surface area contributed by atoms with Gasteiger partial charge in [0, 0.05) is 19.8 Å². The Morgan fingerprint density at radius 3 is 2.81 bits per heavy atom. The number of methoxy groups -OCH3 is 1. The molecule has 0 bridgehead atoms. The van der Waals surface area contributed by atoms with E-state index in [0.29, 0.717) is 5.75 Å². The van der Waals surface area contributed by atoms with Crippen molar-refractivity contribution in [1.82, 2.24) is 10.2 Å². The Labute approximate surface area is 102 Å². The third kappa shape index (κ3) is 3.62. The van der Waals surface area contributed by atoms with Gasteiger partial charge in [-0.3, -0.25) is 4.79 Å². The number of hydrogen-bond donors (Lipinski definition) is 1. The molecular formula is C8H14N4O2S2. The molecule has 16 heavy (non-hydrogen) atoms. The van der Waals surface area contributed by atoms with E-state index < -0.39 is 12.0 Å². The zero-order valence-electron chi connectivity index (χ0n) is 9.34. The van der Waals surface area contributed by atoms with E-state index in [4.69, 9.17) is 5.73 Å². The fourth-order valence-electron chi connectivity index (χ4n) is 0.822. The van der Waals surface area contributed by atoms with Crippen LogP contribution in [-0.4, -0.2) is 49.2 Å². The Balaban J connectivity index is 2.45. The molecular weight excluding hydrogens is 248 g/mol. The quantitative estimate of drug-likeness (QED) is 0.599. The first-order chi connectivity index (χ1) is 7.54. The highest BCUT2D eigenvalue weighted by molar-refractivity contribution is 8.01. The van der Waals surface area contributed by atoms with Crippen molar-refractivity contribution in [3.05, 3.63) is 0 Å². The third-order valence-electron chi connectivity index (χ3n) is 1.67. The number of nitrogens with zero attached hydrogens (tertiary/aromatic N) is 3. The second-order valence-electron chi connectivity index (χ2n) is 3.19. The van der Waals surface area contributed by atoms with Crippen molar-refractivity contribution in [3.63, 3.8) is 0 Å². The zero-order valence-corrected chi connectivity index (χ0v) is 11.0. The predicted octanol–water partition coefficient (Wildman–Crippen LogP) is 0.196. The largest absolute Gasteiger partial charge is 0.468 e. The first-order valence-electron chi connectivity index (χ1n) is 4.51. The minimum Gasteiger partial charge on any atom is -0.468 e. The van der Waals surface area contributed by atoms with E-state index >= 15 is 0 Å². The summed E-state index contributed by atoms with van der Waals surface area (Å²) in [5.74, 6) is 0.0270. The number of aromatic nitrogens is 2. The molecule has 0 fully saturated rings. The second-order valence-corrected chi connectivity index (χ2v) is 5.41. The van der Waals surface area contributed by atoms with Gasteiger partial charge < -0.3 is 15.4 Å². The van der Waals surface area contributed by atoms with E-state index in [0.717, 1.165) is 9.47 Å². The van der Waals surface area contributed by atoms with Crippen LogP contribution in [0.1, 0.15) is 0 Å². The Bertz CT molecular complexity index is 356. The average Bonchev–Trinajstić information content (AvgIpc) is 2.73. The first kappa shape index (κ1) is 13.2. The van der Waals surface area contributed by atoms with Crippen LogP contribution in [0.2, 0.25) is 0 Å². The van der Waals surface area contributed by atoms with Crippen LogP contribution < -0.4 is 10.6 Å². The lowest BCUT2D eigenvalue weighted by molar-refractivity contribution is -0.141. The van der Waals surface area contributed by atoms with Crippen molar-refractivity contribution in [3.8, 4) is 0 Å². The van der Waals surface area contributed by atoms with Crippen LogP contribution in [0.3, 0.4) is 0 Å². The van der Waals surface area contributed by atoms with E-state index in [9.17, 15) is 4.79 Å². The minimum atomic E-state index is -0.623. The lowest BCUT2D eigenvalue weighted by atomic mass is 10.4. The Morgan fingerprint density at radius 1 is 1.62 bits per heavy atom.